The van der Waals surface area contributed by atoms with Crippen LogP contribution in [0.25, 0.3) is 0 Å². The van der Waals surface area contributed by atoms with Crippen molar-refractivity contribution < 1.29 is 21.6 Å². The van der Waals surface area contributed by atoms with Gasteiger partial charge in [0.2, 0.25) is 20.0 Å². The van der Waals surface area contributed by atoms with Crippen LogP contribution in [0.4, 0.5) is 11.4 Å². The summed E-state index contributed by atoms with van der Waals surface area (Å²) in [5.74, 6) is -0.262. The highest BCUT2D eigenvalue weighted by Gasteiger charge is 2.45. The van der Waals surface area contributed by atoms with Crippen molar-refractivity contribution in [3.8, 4) is 0 Å². The van der Waals surface area contributed by atoms with Crippen molar-refractivity contribution in [2.24, 2.45) is 0 Å². The number of amides is 1. The lowest BCUT2D eigenvalue weighted by molar-refractivity contribution is 0.0982. The van der Waals surface area contributed by atoms with Crippen molar-refractivity contribution in [1.29, 1.82) is 0 Å². The highest BCUT2D eigenvalue weighted by Crippen LogP contribution is 2.50. The van der Waals surface area contributed by atoms with Gasteiger partial charge in [-0.25, -0.2) is 21.6 Å². The summed E-state index contributed by atoms with van der Waals surface area (Å²) in [7, 11) is -7.22. The van der Waals surface area contributed by atoms with E-state index >= 15 is 0 Å². The van der Waals surface area contributed by atoms with E-state index in [1.165, 1.54) is 12.1 Å². The molecule has 1 aliphatic heterocycles. The monoisotopic (exact) mass is 543 g/mol. The second kappa shape index (κ2) is 9.89. The third-order valence-electron chi connectivity index (χ3n) is 7.63. The molecule has 0 aromatic heterocycles. The average Bonchev–Trinajstić information content (AvgIpc) is 3.16. The Bertz CT molecular complexity index is 1440. The zero-order chi connectivity index (χ0) is 26.3. The minimum Gasteiger partial charge on any atom is -0.307 e. The van der Waals surface area contributed by atoms with Crippen LogP contribution in [0.15, 0.2) is 59.5 Å². The second-order valence-electron chi connectivity index (χ2n) is 10.5. The van der Waals surface area contributed by atoms with E-state index in [9.17, 15) is 21.6 Å². The number of rotatable bonds is 6. The fourth-order valence-electron chi connectivity index (χ4n) is 5.91. The molecule has 1 heterocycles. The van der Waals surface area contributed by atoms with E-state index in [0.717, 1.165) is 68.9 Å². The highest BCUT2D eigenvalue weighted by molar-refractivity contribution is 7.92. The van der Waals surface area contributed by atoms with E-state index < -0.39 is 20.0 Å². The molecular weight excluding hydrogens is 510 g/mol. The molecule has 0 saturated heterocycles. The molecule has 2 aromatic carbocycles. The molecule has 2 aliphatic carbocycles. The van der Waals surface area contributed by atoms with Crippen LogP contribution in [0, 0.1) is 0 Å². The number of carbonyl (C=O) groups excluding carboxylic acids is 1. The van der Waals surface area contributed by atoms with Gasteiger partial charge in [-0.15, -0.1) is 0 Å². The van der Waals surface area contributed by atoms with Crippen LogP contribution in [-0.4, -0.2) is 41.6 Å². The zero-order valence-electron chi connectivity index (χ0n) is 20.9. The molecule has 37 heavy (non-hydrogen) atoms. The first-order chi connectivity index (χ1) is 17.6. The maximum Gasteiger partial charge on any atom is 0.258 e. The zero-order valence-corrected chi connectivity index (χ0v) is 22.6. The SMILES string of the molecule is CS(=O)(=O)Nc1ccc2c(c1)C1(CCCCC1)CN2C(=O)c1cccc(S(=O)(=O)NC2C=CCCC2)c1. The van der Waals surface area contributed by atoms with Gasteiger partial charge in [0, 0.05) is 34.9 Å². The quantitative estimate of drug-likeness (QED) is 0.528. The number of fused-ring (bicyclic) bond motifs is 2. The Balaban J connectivity index is 1.46. The minimum absolute atomic E-state index is 0.0665. The van der Waals surface area contributed by atoms with Gasteiger partial charge in [-0.2, -0.15) is 0 Å². The van der Waals surface area contributed by atoms with Crippen molar-refractivity contribution in [2.45, 2.75) is 67.7 Å². The van der Waals surface area contributed by atoms with Crippen LogP contribution in [-0.2, 0) is 25.5 Å². The van der Waals surface area contributed by atoms with E-state index in [0.29, 0.717) is 17.8 Å². The van der Waals surface area contributed by atoms with Crippen molar-refractivity contribution in [2.75, 3.05) is 22.4 Å². The summed E-state index contributed by atoms with van der Waals surface area (Å²) in [6.07, 6.45) is 12.7. The van der Waals surface area contributed by atoms with Gasteiger partial charge < -0.3 is 4.90 Å². The molecule has 1 amide bonds. The summed E-state index contributed by atoms with van der Waals surface area (Å²) in [6.45, 7) is 0.492. The lowest BCUT2D eigenvalue weighted by Gasteiger charge is -2.34. The molecule has 2 N–H and O–H groups in total. The predicted octanol–water partition coefficient (Wildman–Crippen LogP) is 4.31. The molecule has 0 bridgehead atoms. The van der Waals surface area contributed by atoms with Crippen LogP contribution in [0.2, 0.25) is 0 Å². The molecule has 8 nitrogen and oxygen atoms in total. The minimum atomic E-state index is -3.79. The average molecular weight is 544 g/mol. The van der Waals surface area contributed by atoms with Gasteiger partial charge in [0.15, 0.2) is 0 Å². The Hall–Kier alpha value is -2.69. The number of anilines is 2. The van der Waals surface area contributed by atoms with E-state index in [1.807, 2.05) is 18.2 Å². The first-order valence-corrected chi connectivity index (χ1v) is 16.2. The normalized spacial score (nSPS) is 21.1. The van der Waals surface area contributed by atoms with E-state index in [-0.39, 0.29) is 22.3 Å². The lowest BCUT2D eigenvalue weighted by atomic mass is 9.70. The Morgan fingerprint density at radius 2 is 1.78 bits per heavy atom. The highest BCUT2D eigenvalue weighted by atomic mass is 32.2. The summed E-state index contributed by atoms with van der Waals surface area (Å²) in [6, 6.07) is 11.3. The molecule has 10 heteroatoms. The topological polar surface area (TPSA) is 113 Å². The summed E-state index contributed by atoms with van der Waals surface area (Å²) < 4.78 is 55.1. The van der Waals surface area contributed by atoms with Crippen molar-refractivity contribution in [3.63, 3.8) is 0 Å². The first-order valence-electron chi connectivity index (χ1n) is 12.8. The Morgan fingerprint density at radius 3 is 2.49 bits per heavy atom. The first kappa shape index (κ1) is 25.9. The number of carbonyl (C=O) groups is 1. The van der Waals surface area contributed by atoms with Crippen LogP contribution < -0.4 is 14.3 Å². The number of benzene rings is 2. The molecule has 2 aromatic rings. The van der Waals surface area contributed by atoms with Gasteiger partial charge in [0.25, 0.3) is 5.91 Å². The predicted molar refractivity (Wildman–Crippen MR) is 145 cm³/mol. The van der Waals surface area contributed by atoms with E-state index in [2.05, 4.69) is 9.44 Å². The van der Waals surface area contributed by atoms with E-state index in [4.69, 9.17) is 0 Å². The summed E-state index contributed by atoms with van der Waals surface area (Å²) >= 11 is 0. The number of nitrogens with zero attached hydrogens (tertiary/aromatic N) is 1. The summed E-state index contributed by atoms with van der Waals surface area (Å²) in [5.41, 5.74) is 2.28. The fourth-order valence-corrected chi connectivity index (χ4v) is 7.74. The molecule has 1 saturated carbocycles. The molecule has 5 rings (SSSR count). The van der Waals surface area contributed by atoms with Gasteiger partial charge >= 0.3 is 0 Å². The maximum absolute atomic E-state index is 13.8. The van der Waals surface area contributed by atoms with E-state index in [1.54, 1.807) is 29.2 Å². The number of allylic oxidation sites excluding steroid dienone is 1. The van der Waals surface area contributed by atoms with Gasteiger partial charge in [-0.05, 0) is 74.1 Å². The van der Waals surface area contributed by atoms with Crippen LogP contribution in [0.3, 0.4) is 0 Å². The van der Waals surface area contributed by atoms with Gasteiger partial charge in [-0.3, -0.25) is 9.52 Å². The Labute approximate surface area is 219 Å². The Kier molecular flexibility index (Phi) is 6.93. The van der Waals surface area contributed by atoms with Crippen molar-refractivity contribution in [3.05, 3.63) is 65.7 Å². The van der Waals surface area contributed by atoms with Crippen LogP contribution in [0.1, 0.15) is 67.3 Å². The lowest BCUT2D eigenvalue weighted by Crippen LogP contribution is -2.38. The van der Waals surface area contributed by atoms with Gasteiger partial charge in [0.05, 0.1) is 11.2 Å². The number of sulfonamides is 2. The maximum atomic E-state index is 13.8. The standard InChI is InChI=1S/C27H33N3O5S2/c1-36(32,33)28-22-13-14-25-24(18-22)27(15-6-3-7-16-27)19-30(25)26(31)20-9-8-12-23(17-20)37(34,35)29-21-10-4-2-5-11-21/h4,8-10,12-14,17-18,21,28-29H,2-3,5-7,11,15-16,19H2,1H3. The smallest absolute Gasteiger partial charge is 0.258 e. The molecule has 1 fully saturated rings. The van der Waals surface area contributed by atoms with Crippen molar-refractivity contribution in [1.82, 2.24) is 4.72 Å². The van der Waals surface area contributed by atoms with Crippen LogP contribution in [0.5, 0.6) is 0 Å². The fraction of sp³-hybridized carbons (Fsp3) is 0.444. The molecule has 1 atom stereocenters. The number of hydrogen-bond acceptors (Lipinski definition) is 5. The van der Waals surface area contributed by atoms with Gasteiger partial charge in [0.1, 0.15) is 0 Å². The number of nitrogens with one attached hydrogen (secondary N) is 2. The molecular formula is C27H33N3O5S2. The molecule has 0 radical (unpaired) electrons. The van der Waals surface area contributed by atoms with Gasteiger partial charge in [-0.1, -0.05) is 37.5 Å². The van der Waals surface area contributed by atoms with Crippen LogP contribution >= 0.6 is 0 Å². The molecule has 1 spiro atoms. The molecule has 1 unspecified atom stereocenters. The Morgan fingerprint density at radius 1 is 1.00 bits per heavy atom. The van der Waals surface area contributed by atoms with Crippen molar-refractivity contribution >= 4 is 37.3 Å². The molecule has 198 valence electrons. The summed E-state index contributed by atoms with van der Waals surface area (Å²) in [4.78, 5) is 15.6. The third kappa shape index (κ3) is 5.46. The summed E-state index contributed by atoms with van der Waals surface area (Å²) in [5, 5.41) is 0. The second-order valence-corrected chi connectivity index (χ2v) is 13.9. The molecule has 3 aliphatic rings. The largest absolute Gasteiger partial charge is 0.307 e. The number of hydrogen-bond donors (Lipinski definition) is 2. The third-order valence-corrected chi connectivity index (χ3v) is 9.72.